The van der Waals surface area contributed by atoms with E-state index >= 15 is 0 Å². The Morgan fingerprint density at radius 3 is 2.31 bits per heavy atom. The molecular weight excluding hydrogens is 328 g/mol. The van der Waals surface area contributed by atoms with Gasteiger partial charge in [0.1, 0.15) is 5.60 Å². The van der Waals surface area contributed by atoms with E-state index in [2.05, 4.69) is 17.2 Å². The number of alkyl carbamates (subject to hydrolysis) is 1. The minimum Gasteiger partial charge on any atom is -0.444 e. The number of carbonyl (C=O) groups excluding carboxylic acids is 2. The van der Waals surface area contributed by atoms with Crippen molar-refractivity contribution in [3.8, 4) is 0 Å². The molecule has 0 unspecified atom stereocenters. The lowest BCUT2D eigenvalue weighted by Crippen LogP contribution is -2.32. The highest BCUT2D eigenvalue weighted by atomic mass is 16.6. The molecule has 0 spiro atoms. The number of allylic oxidation sites excluding steroid dienone is 1. The second kappa shape index (κ2) is 11.3. The van der Waals surface area contributed by atoms with Gasteiger partial charge in [-0.1, -0.05) is 31.1 Å². The van der Waals surface area contributed by atoms with E-state index in [1.807, 2.05) is 39.0 Å². The normalized spacial score (nSPS) is 10.9. The van der Waals surface area contributed by atoms with E-state index in [1.165, 1.54) is 6.42 Å². The van der Waals surface area contributed by atoms with Gasteiger partial charge in [-0.25, -0.2) is 4.79 Å². The molecule has 0 saturated heterocycles. The number of rotatable bonds is 10. The fourth-order valence-corrected chi connectivity index (χ4v) is 2.33. The first-order valence-electron chi connectivity index (χ1n) is 9.27. The summed E-state index contributed by atoms with van der Waals surface area (Å²) in [6.07, 6.45) is 6.98. The topological polar surface area (TPSA) is 67.4 Å². The Hall–Kier alpha value is -2.30. The zero-order valence-electron chi connectivity index (χ0n) is 16.3. The van der Waals surface area contributed by atoms with E-state index in [-0.39, 0.29) is 5.91 Å². The Labute approximate surface area is 157 Å². The molecule has 5 nitrogen and oxygen atoms in total. The first kappa shape index (κ1) is 21.7. The van der Waals surface area contributed by atoms with E-state index in [0.29, 0.717) is 18.7 Å². The quantitative estimate of drug-likeness (QED) is 0.474. The van der Waals surface area contributed by atoms with Gasteiger partial charge < -0.3 is 15.4 Å². The number of amides is 2. The van der Waals surface area contributed by atoms with Gasteiger partial charge in [0.25, 0.3) is 5.91 Å². The molecule has 0 fully saturated rings. The van der Waals surface area contributed by atoms with Crippen LogP contribution in [0.3, 0.4) is 0 Å². The minimum absolute atomic E-state index is 0.0669. The van der Waals surface area contributed by atoms with Gasteiger partial charge >= 0.3 is 6.09 Å². The Kier molecular flexibility index (Phi) is 9.48. The summed E-state index contributed by atoms with van der Waals surface area (Å²) in [6, 6.07) is 7.21. The lowest BCUT2D eigenvalue weighted by atomic mass is 10.1. The summed E-state index contributed by atoms with van der Waals surface area (Å²) in [5, 5.41) is 5.64. The van der Waals surface area contributed by atoms with Crippen LogP contribution in [0.4, 0.5) is 4.79 Å². The molecule has 1 aromatic carbocycles. The van der Waals surface area contributed by atoms with Crippen LogP contribution in [0.2, 0.25) is 0 Å². The fraction of sp³-hybridized carbons (Fsp3) is 0.524. The van der Waals surface area contributed by atoms with Crippen LogP contribution in [0, 0.1) is 0 Å². The maximum Gasteiger partial charge on any atom is 0.407 e. The van der Waals surface area contributed by atoms with E-state index in [1.54, 1.807) is 12.1 Å². The summed E-state index contributed by atoms with van der Waals surface area (Å²) in [7, 11) is 0. The number of carbonyl (C=O) groups is 2. The third-order valence-corrected chi connectivity index (χ3v) is 3.67. The molecule has 144 valence electrons. The lowest BCUT2D eigenvalue weighted by molar-refractivity contribution is 0.0523. The molecule has 0 aliphatic heterocycles. The van der Waals surface area contributed by atoms with E-state index in [9.17, 15) is 9.59 Å². The monoisotopic (exact) mass is 360 g/mol. The molecule has 26 heavy (non-hydrogen) atoms. The van der Waals surface area contributed by atoms with Gasteiger partial charge in [0.05, 0.1) is 0 Å². The Morgan fingerprint density at radius 2 is 1.69 bits per heavy atom. The zero-order valence-corrected chi connectivity index (χ0v) is 16.3. The highest BCUT2D eigenvalue weighted by molar-refractivity contribution is 5.94. The van der Waals surface area contributed by atoms with Crippen LogP contribution >= 0.6 is 0 Å². The summed E-state index contributed by atoms with van der Waals surface area (Å²) in [4.78, 5) is 23.7. The van der Waals surface area contributed by atoms with Gasteiger partial charge in [0.2, 0.25) is 0 Å². The van der Waals surface area contributed by atoms with Crippen LogP contribution in [-0.4, -0.2) is 24.1 Å². The zero-order chi connectivity index (χ0) is 19.4. The Morgan fingerprint density at radius 1 is 1.04 bits per heavy atom. The van der Waals surface area contributed by atoms with E-state index < -0.39 is 11.7 Å². The van der Waals surface area contributed by atoms with E-state index in [0.717, 1.165) is 31.2 Å². The molecule has 0 aliphatic rings. The first-order valence-corrected chi connectivity index (χ1v) is 9.27. The van der Waals surface area contributed by atoms with Gasteiger partial charge in [-0.05, 0) is 57.7 Å². The number of unbranched alkanes of at least 4 members (excludes halogenated alkanes) is 4. The molecular formula is C21H32N2O3. The third kappa shape index (κ3) is 9.87. The highest BCUT2D eigenvalue weighted by Crippen LogP contribution is 2.08. The van der Waals surface area contributed by atoms with Crippen LogP contribution < -0.4 is 10.6 Å². The van der Waals surface area contributed by atoms with Crippen LogP contribution in [0.5, 0.6) is 0 Å². The molecule has 0 heterocycles. The summed E-state index contributed by atoms with van der Waals surface area (Å²) >= 11 is 0. The van der Waals surface area contributed by atoms with Gasteiger partial charge in [0, 0.05) is 18.7 Å². The highest BCUT2D eigenvalue weighted by Gasteiger charge is 2.15. The van der Waals surface area contributed by atoms with Gasteiger partial charge in [-0.15, -0.1) is 6.58 Å². The molecule has 1 rings (SSSR count). The van der Waals surface area contributed by atoms with Crippen molar-refractivity contribution in [1.82, 2.24) is 10.6 Å². The van der Waals surface area contributed by atoms with Crippen molar-refractivity contribution < 1.29 is 14.3 Å². The molecule has 0 atom stereocenters. The Bertz CT molecular complexity index is 574. The summed E-state index contributed by atoms with van der Waals surface area (Å²) in [5.41, 5.74) is 1.02. The van der Waals surface area contributed by atoms with Crippen molar-refractivity contribution in [3.63, 3.8) is 0 Å². The standard InChI is InChI=1S/C21H32N2O3/c1-5-6-7-8-9-10-15-22-19(24)18-13-11-17(12-14-18)16-23-20(25)26-21(2,3)4/h5,11-14H,1,6-10,15-16H2,2-4H3,(H,22,24)(H,23,25). The maximum atomic E-state index is 12.1. The lowest BCUT2D eigenvalue weighted by Gasteiger charge is -2.19. The second-order valence-corrected chi connectivity index (χ2v) is 7.30. The van der Waals surface area contributed by atoms with Crippen molar-refractivity contribution >= 4 is 12.0 Å². The predicted octanol–water partition coefficient (Wildman–Crippen LogP) is 4.58. The Balaban J connectivity index is 2.29. The molecule has 0 aliphatic carbocycles. The molecule has 0 saturated carbocycles. The number of nitrogens with one attached hydrogen (secondary N) is 2. The van der Waals surface area contributed by atoms with Crippen LogP contribution in [0.1, 0.15) is 68.8 Å². The largest absolute Gasteiger partial charge is 0.444 e. The SMILES string of the molecule is C=CCCCCCCNC(=O)c1ccc(CNC(=O)OC(C)(C)C)cc1. The second-order valence-electron chi connectivity index (χ2n) is 7.30. The summed E-state index contributed by atoms with van der Waals surface area (Å²) in [6.45, 7) is 10.2. The first-order chi connectivity index (χ1) is 12.3. The smallest absolute Gasteiger partial charge is 0.407 e. The summed E-state index contributed by atoms with van der Waals surface area (Å²) < 4.78 is 5.19. The van der Waals surface area contributed by atoms with Gasteiger partial charge in [0.15, 0.2) is 0 Å². The molecule has 0 aromatic heterocycles. The number of hydrogen-bond acceptors (Lipinski definition) is 3. The summed E-state index contributed by atoms with van der Waals surface area (Å²) in [5.74, 6) is -0.0669. The number of benzene rings is 1. The molecule has 1 aromatic rings. The fourth-order valence-electron chi connectivity index (χ4n) is 2.33. The average Bonchev–Trinajstić information content (AvgIpc) is 2.58. The van der Waals surface area contributed by atoms with Crippen molar-refractivity contribution in [2.45, 2.75) is 65.0 Å². The van der Waals surface area contributed by atoms with Crippen molar-refractivity contribution in [2.24, 2.45) is 0 Å². The maximum absolute atomic E-state index is 12.1. The third-order valence-electron chi connectivity index (χ3n) is 3.67. The van der Waals surface area contributed by atoms with Crippen LogP contribution in [-0.2, 0) is 11.3 Å². The van der Waals surface area contributed by atoms with Crippen LogP contribution in [0.15, 0.2) is 36.9 Å². The van der Waals surface area contributed by atoms with Crippen LogP contribution in [0.25, 0.3) is 0 Å². The number of hydrogen-bond donors (Lipinski definition) is 2. The molecule has 0 radical (unpaired) electrons. The van der Waals surface area contributed by atoms with Gasteiger partial charge in [-0.2, -0.15) is 0 Å². The predicted molar refractivity (Wildman–Crippen MR) is 105 cm³/mol. The van der Waals surface area contributed by atoms with Crippen molar-refractivity contribution in [2.75, 3.05) is 6.54 Å². The van der Waals surface area contributed by atoms with Gasteiger partial charge in [-0.3, -0.25) is 4.79 Å². The molecule has 5 heteroatoms. The van der Waals surface area contributed by atoms with Crippen molar-refractivity contribution in [1.29, 1.82) is 0 Å². The minimum atomic E-state index is -0.516. The molecule has 2 N–H and O–H groups in total. The number of ether oxygens (including phenoxy) is 1. The average molecular weight is 360 g/mol. The van der Waals surface area contributed by atoms with E-state index in [4.69, 9.17) is 4.74 Å². The molecule has 2 amide bonds. The van der Waals surface area contributed by atoms with Crippen molar-refractivity contribution in [3.05, 3.63) is 48.0 Å². The molecule has 0 bridgehead atoms.